The van der Waals surface area contributed by atoms with E-state index in [1.165, 1.54) is 7.11 Å². The van der Waals surface area contributed by atoms with Crippen LogP contribution in [-0.2, 0) is 18.9 Å². The molecule has 7 nitrogen and oxygen atoms in total. The highest BCUT2D eigenvalue weighted by Crippen LogP contribution is 2.39. The van der Waals surface area contributed by atoms with Crippen LogP contribution in [-0.4, -0.2) is 31.3 Å². The second-order valence-electron chi connectivity index (χ2n) is 6.24. The Morgan fingerprint density at radius 1 is 1.20 bits per heavy atom. The van der Waals surface area contributed by atoms with Crippen molar-refractivity contribution in [2.45, 2.75) is 32.0 Å². The average Bonchev–Trinajstić information content (AvgIpc) is 3.07. The topological polar surface area (TPSA) is 84.2 Å². The highest BCUT2D eigenvalue weighted by Gasteiger charge is 2.47. The van der Waals surface area contributed by atoms with E-state index >= 15 is 0 Å². The maximum absolute atomic E-state index is 12.7. The van der Waals surface area contributed by atoms with E-state index in [0.29, 0.717) is 11.0 Å². The van der Waals surface area contributed by atoms with Gasteiger partial charge in [0.2, 0.25) is 11.7 Å². The Hall–Kier alpha value is -2.64. The molecule has 0 N–H and O–H groups in total. The first-order valence-electron chi connectivity index (χ1n) is 7.78. The molecule has 0 radical (unpaired) electrons. The van der Waals surface area contributed by atoms with Gasteiger partial charge in [0.05, 0.1) is 12.5 Å². The normalized spacial score (nSPS) is 23.9. The Kier molecular flexibility index (Phi) is 3.45. The third-order valence-corrected chi connectivity index (χ3v) is 4.06. The van der Waals surface area contributed by atoms with Crippen molar-refractivity contribution in [3.05, 3.63) is 51.9 Å². The molecule has 2 aliphatic rings. The number of para-hydroxylation sites is 1. The Balaban J connectivity index is 1.87. The molecule has 3 heterocycles. The lowest BCUT2D eigenvalue weighted by molar-refractivity contribution is -0.174. The Labute approximate surface area is 142 Å². The average molecular weight is 344 g/mol. The molecular formula is C18H16O7. The SMILES string of the molecule is COC(=O)c1c(C2=C[C@@H]3OC(C)(C)O[C@@H]3O2)oc2ccccc2c1=O. The Morgan fingerprint density at radius 2 is 1.96 bits per heavy atom. The quantitative estimate of drug-likeness (QED) is 0.774. The largest absolute Gasteiger partial charge is 0.465 e. The molecule has 7 heteroatoms. The molecule has 0 aliphatic carbocycles. The summed E-state index contributed by atoms with van der Waals surface area (Å²) in [6, 6.07) is 6.66. The van der Waals surface area contributed by atoms with Crippen molar-refractivity contribution in [2.24, 2.45) is 0 Å². The first-order chi connectivity index (χ1) is 11.9. The fraction of sp³-hybridized carbons (Fsp3) is 0.333. The fourth-order valence-electron chi connectivity index (χ4n) is 3.01. The van der Waals surface area contributed by atoms with Crippen molar-refractivity contribution in [3.63, 3.8) is 0 Å². The van der Waals surface area contributed by atoms with Crippen LogP contribution in [0, 0.1) is 0 Å². The molecule has 1 saturated heterocycles. The Morgan fingerprint density at radius 3 is 2.68 bits per heavy atom. The van der Waals surface area contributed by atoms with Gasteiger partial charge >= 0.3 is 5.97 Å². The number of rotatable bonds is 2. The minimum Gasteiger partial charge on any atom is -0.465 e. The van der Waals surface area contributed by atoms with Gasteiger partial charge in [-0.1, -0.05) is 12.1 Å². The van der Waals surface area contributed by atoms with Gasteiger partial charge in [0.1, 0.15) is 11.7 Å². The van der Waals surface area contributed by atoms with Crippen molar-refractivity contribution in [2.75, 3.05) is 7.11 Å². The van der Waals surface area contributed by atoms with E-state index in [1.807, 2.05) is 0 Å². The molecule has 0 spiro atoms. The summed E-state index contributed by atoms with van der Waals surface area (Å²) in [6.07, 6.45) is 0.526. The lowest BCUT2D eigenvalue weighted by atomic mass is 10.1. The first kappa shape index (κ1) is 15.9. The number of fused-ring (bicyclic) bond motifs is 2. The van der Waals surface area contributed by atoms with Gasteiger partial charge < -0.3 is 23.4 Å². The summed E-state index contributed by atoms with van der Waals surface area (Å²) in [5.41, 5.74) is -0.349. The minimum atomic E-state index is -0.793. The lowest BCUT2D eigenvalue weighted by Crippen LogP contribution is -2.23. The van der Waals surface area contributed by atoms with E-state index in [-0.39, 0.29) is 17.1 Å². The van der Waals surface area contributed by atoms with Gasteiger partial charge in [0.25, 0.3) is 0 Å². The standard InChI is InChI=1S/C18H16O7/c1-18(2)24-12-8-11(23-17(12)25-18)15-13(16(20)21-3)14(19)9-6-4-5-7-10(9)22-15/h4-8,12,17H,1-3H3/t12-,17-/m0/s1. The second-order valence-corrected chi connectivity index (χ2v) is 6.24. The molecule has 1 fully saturated rings. The second kappa shape index (κ2) is 5.44. The van der Waals surface area contributed by atoms with E-state index in [0.717, 1.165) is 0 Å². The molecule has 25 heavy (non-hydrogen) atoms. The van der Waals surface area contributed by atoms with Crippen LogP contribution in [0.2, 0.25) is 0 Å². The van der Waals surface area contributed by atoms with E-state index in [4.69, 9.17) is 23.4 Å². The number of hydrogen-bond donors (Lipinski definition) is 0. The molecule has 0 saturated carbocycles. The number of ether oxygens (including phenoxy) is 4. The molecule has 2 aromatic rings. The van der Waals surface area contributed by atoms with Crippen LogP contribution in [0.25, 0.3) is 16.7 Å². The molecule has 2 aliphatic heterocycles. The summed E-state index contributed by atoms with van der Waals surface area (Å²) >= 11 is 0. The third-order valence-electron chi connectivity index (χ3n) is 4.06. The van der Waals surface area contributed by atoms with Crippen LogP contribution < -0.4 is 5.43 Å². The monoisotopic (exact) mass is 344 g/mol. The third kappa shape index (κ3) is 2.52. The van der Waals surface area contributed by atoms with Crippen LogP contribution in [0.5, 0.6) is 0 Å². The number of carbonyl (C=O) groups is 1. The van der Waals surface area contributed by atoms with Gasteiger partial charge in [0, 0.05) is 0 Å². The zero-order valence-corrected chi connectivity index (χ0v) is 13.9. The highest BCUT2D eigenvalue weighted by atomic mass is 16.8. The van der Waals surface area contributed by atoms with Gasteiger partial charge in [0.15, 0.2) is 22.9 Å². The molecule has 2 atom stereocenters. The molecule has 1 aromatic heterocycles. The molecular weight excluding hydrogens is 328 g/mol. The van der Waals surface area contributed by atoms with Gasteiger partial charge in [-0.3, -0.25) is 4.79 Å². The van der Waals surface area contributed by atoms with Gasteiger partial charge in [-0.25, -0.2) is 4.79 Å². The number of carbonyl (C=O) groups excluding carboxylic acids is 1. The van der Waals surface area contributed by atoms with E-state index < -0.39 is 29.6 Å². The molecule has 4 rings (SSSR count). The minimum absolute atomic E-state index is 0.00922. The van der Waals surface area contributed by atoms with Gasteiger partial charge in [-0.15, -0.1) is 0 Å². The zero-order valence-electron chi connectivity index (χ0n) is 13.9. The molecule has 0 unspecified atom stereocenters. The predicted molar refractivity (Wildman–Crippen MR) is 86.7 cm³/mol. The summed E-state index contributed by atoms with van der Waals surface area (Å²) in [4.78, 5) is 24.9. The van der Waals surface area contributed by atoms with E-state index in [9.17, 15) is 9.59 Å². The fourth-order valence-corrected chi connectivity index (χ4v) is 3.01. The predicted octanol–water partition coefficient (Wildman–Crippen LogP) is 2.43. The van der Waals surface area contributed by atoms with E-state index in [2.05, 4.69) is 0 Å². The van der Waals surface area contributed by atoms with Gasteiger partial charge in [-0.2, -0.15) is 0 Å². The summed E-state index contributed by atoms with van der Waals surface area (Å²) in [7, 11) is 1.20. The smallest absolute Gasteiger partial charge is 0.345 e. The van der Waals surface area contributed by atoms with Crippen LogP contribution >= 0.6 is 0 Å². The number of esters is 1. The van der Waals surface area contributed by atoms with E-state index in [1.54, 1.807) is 44.2 Å². The number of hydrogen-bond acceptors (Lipinski definition) is 7. The molecule has 0 amide bonds. The van der Waals surface area contributed by atoms with Crippen molar-refractivity contribution in [3.8, 4) is 0 Å². The number of benzene rings is 1. The van der Waals surface area contributed by atoms with Crippen molar-refractivity contribution in [1.82, 2.24) is 0 Å². The summed E-state index contributed by atoms with van der Waals surface area (Å²) < 4.78 is 27.6. The van der Waals surface area contributed by atoms with Crippen molar-refractivity contribution < 1.29 is 28.2 Å². The maximum Gasteiger partial charge on any atom is 0.345 e. The van der Waals surface area contributed by atoms with Crippen LogP contribution in [0.3, 0.4) is 0 Å². The molecule has 0 bridgehead atoms. The molecule has 130 valence electrons. The Bertz CT molecular complexity index is 954. The van der Waals surface area contributed by atoms with Gasteiger partial charge in [-0.05, 0) is 32.1 Å². The summed E-state index contributed by atoms with van der Waals surface area (Å²) in [5, 5.41) is 0.291. The number of methoxy groups -OCH3 is 1. The van der Waals surface area contributed by atoms with Crippen molar-refractivity contribution in [1.29, 1.82) is 0 Å². The summed E-state index contributed by atoms with van der Waals surface area (Å²) in [6.45, 7) is 3.55. The maximum atomic E-state index is 12.7. The summed E-state index contributed by atoms with van der Waals surface area (Å²) in [5.74, 6) is -1.34. The first-order valence-corrected chi connectivity index (χ1v) is 7.78. The zero-order chi connectivity index (χ0) is 17.8. The van der Waals surface area contributed by atoms with Crippen molar-refractivity contribution >= 4 is 22.7 Å². The highest BCUT2D eigenvalue weighted by molar-refractivity contribution is 5.97. The molecule has 1 aromatic carbocycles. The van der Waals surface area contributed by atoms with Crippen LogP contribution in [0.15, 0.2) is 39.6 Å². The van der Waals surface area contributed by atoms with Crippen LogP contribution in [0.1, 0.15) is 30.0 Å². The lowest BCUT2D eigenvalue weighted by Gasteiger charge is -2.18. The van der Waals surface area contributed by atoms with Crippen LogP contribution in [0.4, 0.5) is 0 Å².